The van der Waals surface area contributed by atoms with E-state index in [4.69, 9.17) is 4.74 Å². The highest BCUT2D eigenvalue weighted by molar-refractivity contribution is 5.79. The van der Waals surface area contributed by atoms with Crippen LogP contribution in [0.2, 0.25) is 0 Å². The molecule has 1 unspecified atom stereocenters. The minimum atomic E-state index is -0.340. The van der Waals surface area contributed by atoms with E-state index in [9.17, 15) is 9.59 Å². The molecule has 0 aliphatic carbocycles. The Bertz CT molecular complexity index is 772. The Balaban J connectivity index is 1.67. The molecule has 3 rings (SSSR count). The van der Waals surface area contributed by atoms with Crippen LogP contribution in [0.4, 0.5) is 0 Å². The van der Waals surface area contributed by atoms with Gasteiger partial charge in [0.15, 0.2) is 0 Å². The van der Waals surface area contributed by atoms with E-state index in [1.165, 1.54) is 6.20 Å². The van der Waals surface area contributed by atoms with E-state index in [1.54, 1.807) is 7.11 Å². The molecule has 2 heterocycles. The molecule has 1 N–H and O–H groups in total. The number of nitrogens with zero attached hydrogens (tertiary/aromatic N) is 2. The first-order valence-electron chi connectivity index (χ1n) is 8.11. The number of nitrogens with one attached hydrogen (secondary N) is 1. The zero-order valence-corrected chi connectivity index (χ0v) is 13.7. The molecule has 1 aliphatic heterocycles. The number of benzene rings is 1. The maximum Gasteiger partial charge on any atom is 0.345 e. The minimum absolute atomic E-state index is 0.101. The van der Waals surface area contributed by atoms with Gasteiger partial charge in [0.1, 0.15) is 5.75 Å². The van der Waals surface area contributed by atoms with Crippen LogP contribution in [0, 0.1) is 0 Å². The number of carbonyl (C=O) groups is 1. The van der Waals surface area contributed by atoms with Crippen LogP contribution < -0.4 is 10.4 Å². The van der Waals surface area contributed by atoms with Gasteiger partial charge in [-0.25, -0.2) is 9.78 Å². The Morgan fingerprint density at radius 3 is 3.08 bits per heavy atom. The molecule has 126 valence electrons. The molecule has 6 heteroatoms. The third kappa shape index (κ3) is 3.82. The van der Waals surface area contributed by atoms with Crippen LogP contribution in [-0.4, -0.2) is 41.0 Å². The molecular formula is C18H21N3O3. The summed E-state index contributed by atoms with van der Waals surface area (Å²) < 4.78 is 5.20. The van der Waals surface area contributed by atoms with Crippen molar-refractivity contribution in [1.82, 2.24) is 14.9 Å². The predicted octanol–water partition coefficient (Wildman–Crippen LogP) is 1.73. The molecule has 1 atom stereocenters. The van der Waals surface area contributed by atoms with Crippen molar-refractivity contribution in [1.29, 1.82) is 0 Å². The highest BCUT2D eigenvalue weighted by atomic mass is 16.5. The number of methoxy groups -OCH3 is 1. The van der Waals surface area contributed by atoms with Gasteiger partial charge in [-0.05, 0) is 36.6 Å². The number of carbonyl (C=O) groups excluding carboxylic acids is 1. The fraction of sp³-hybridized carbons (Fsp3) is 0.389. The van der Waals surface area contributed by atoms with Gasteiger partial charge in [0.05, 0.1) is 13.5 Å². The van der Waals surface area contributed by atoms with Crippen LogP contribution >= 0.6 is 0 Å². The van der Waals surface area contributed by atoms with Gasteiger partial charge in [0.25, 0.3) is 0 Å². The van der Waals surface area contributed by atoms with Crippen molar-refractivity contribution in [3.05, 3.63) is 58.3 Å². The first-order chi connectivity index (χ1) is 11.7. The first kappa shape index (κ1) is 16.2. The fourth-order valence-electron chi connectivity index (χ4n) is 3.15. The quantitative estimate of drug-likeness (QED) is 0.928. The van der Waals surface area contributed by atoms with E-state index in [1.807, 2.05) is 35.2 Å². The molecule has 1 saturated heterocycles. The summed E-state index contributed by atoms with van der Waals surface area (Å²) in [6.45, 7) is 1.39. The van der Waals surface area contributed by atoms with Gasteiger partial charge >= 0.3 is 5.69 Å². The number of hydrogen-bond acceptors (Lipinski definition) is 4. The lowest BCUT2D eigenvalue weighted by Gasteiger charge is -2.32. The largest absolute Gasteiger partial charge is 0.497 e. The smallest absolute Gasteiger partial charge is 0.345 e. The summed E-state index contributed by atoms with van der Waals surface area (Å²) in [5.41, 5.74) is 1.46. The second-order valence-corrected chi connectivity index (χ2v) is 6.04. The SMILES string of the molecule is COc1cccc(CC(=O)N2CCCC(c3ccnc(=O)[nH]3)C2)c1. The maximum absolute atomic E-state index is 12.6. The molecule has 6 nitrogen and oxygen atoms in total. The Hall–Kier alpha value is -2.63. The average molecular weight is 327 g/mol. The second-order valence-electron chi connectivity index (χ2n) is 6.04. The van der Waals surface area contributed by atoms with Crippen molar-refractivity contribution in [3.8, 4) is 5.75 Å². The Morgan fingerprint density at radius 1 is 1.42 bits per heavy atom. The molecule has 2 aromatic rings. The van der Waals surface area contributed by atoms with Crippen molar-refractivity contribution >= 4 is 5.91 Å². The van der Waals surface area contributed by atoms with Gasteiger partial charge in [-0.1, -0.05) is 12.1 Å². The van der Waals surface area contributed by atoms with E-state index in [0.29, 0.717) is 13.0 Å². The molecule has 0 spiro atoms. The Kier molecular flexibility index (Phi) is 4.93. The lowest BCUT2D eigenvalue weighted by Crippen LogP contribution is -2.40. The van der Waals surface area contributed by atoms with Crippen LogP contribution in [0.15, 0.2) is 41.3 Å². The number of ether oxygens (including phenoxy) is 1. The van der Waals surface area contributed by atoms with Gasteiger partial charge < -0.3 is 14.6 Å². The van der Waals surface area contributed by atoms with Crippen LogP contribution in [0.3, 0.4) is 0 Å². The second kappa shape index (κ2) is 7.29. The van der Waals surface area contributed by atoms with Gasteiger partial charge in [0.2, 0.25) is 5.91 Å². The molecule has 1 aromatic heterocycles. The molecular weight excluding hydrogens is 306 g/mol. The van der Waals surface area contributed by atoms with Crippen LogP contribution in [0.5, 0.6) is 5.75 Å². The molecule has 0 radical (unpaired) electrons. The summed E-state index contributed by atoms with van der Waals surface area (Å²) in [6.07, 6.45) is 3.77. The monoisotopic (exact) mass is 327 g/mol. The van der Waals surface area contributed by atoms with Gasteiger partial charge in [-0.3, -0.25) is 4.79 Å². The minimum Gasteiger partial charge on any atom is -0.497 e. The van der Waals surface area contributed by atoms with Crippen molar-refractivity contribution in [3.63, 3.8) is 0 Å². The number of aromatic amines is 1. The average Bonchev–Trinajstić information content (AvgIpc) is 2.62. The fourth-order valence-corrected chi connectivity index (χ4v) is 3.15. The zero-order chi connectivity index (χ0) is 16.9. The summed E-state index contributed by atoms with van der Waals surface area (Å²) in [7, 11) is 1.62. The highest BCUT2D eigenvalue weighted by Crippen LogP contribution is 2.25. The van der Waals surface area contributed by atoms with Gasteiger partial charge in [-0.15, -0.1) is 0 Å². The summed E-state index contributed by atoms with van der Waals surface area (Å²) in [4.78, 5) is 32.3. The third-order valence-corrected chi connectivity index (χ3v) is 4.40. The van der Waals surface area contributed by atoms with Crippen molar-refractivity contribution in [2.75, 3.05) is 20.2 Å². The lowest BCUT2D eigenvalue weighted by molar-refractivity contribution is -0.131. The van der Waals surface area contributed by atoms with Crippen molar-refractivity contribution < 1.29 is 9.53 Å². The predicted molar refractivity (Wildman–Crippen MR) is 90.1 cm³/mol. The maximum atomic E-state index is 12.6. The number of hydrogen-bond donors (Lipinski definition) is 1. The van der Waals surface area contributed by atoms with Crippen LogP contribution in [0.1, 0.15) is 30.0 Å². The van der Waals surface area contributed by atoms with Crippen LogP contribution in [-0.2, 0) is 11.2 Å². The molecule has 1 amide bonds. The number of piperidine rings is 1. The third-order valence-electron chi connectivity index (χ3n) is 4.40. The summed E-state index contributed by atoms with van der Waals surface area (Å²) in [5.74, 6) is 1.01. The van der Waals surface area contributed by atoms with E-state index in [0.717, 1.165) is 36.4 Å². The molecule has 1 aromatic carbocycles. The topological polar surface area (TPSA) is 75.3 Å². The zero-order valence-electron chi connectivity index (χ0n) is 13.7. The van der Waals surface area contributed by atoms with Crippen molar-refractivity contribution in [2.45, 2.75) is 25.2 Å². The van der Waals surface area contributed by atoms with E-state index >= 15 is 0 Å². The lowest BCUT2D eigenvalue weighted by atomic mass is 9.94. The summed E-state index contributed by atoms with van der Waals surface area (Å²) >= 11 is 0. The van der Waals surface area contributed by atoms with E-state index in [-0.39, 0.29) is 17.5 Å². The Morgan fingerprint density at radius 2 is 2.29 bits per heavy atom. The molecule has 24 heavy (non-hydrogen) atoms. The first-order valence-corrected chi connectivity index (χ1v) is 8.11. The van der Waals surface area contributed by atoms with Crippen molar-refractivity contribution in [2.24, 2.45) is 0 Å². The van der Waals surface area contributed by atoms with E-state index in [2.05, 4.69) is 9.97 Å². The Labute approximate surface area is 140 Å². The number of likely N-dealkylation sites (tertiary alicyclic amines) is 1. The van der Waals surface area contributed by atoms with Crippen LogP contribution in [0.25, 0.3) is 0 Å². The van der Waals surface area contributed by atoms with E-state index < -0.39 is 0 Å². The highest BCUT2D eigenvalue weighted by Gasteiger charge is 2.25. The molecule has 0 bridgehead atoms. The number of aromatic nitrogens is 2. The number of rotatable bonds is 4. The molecule has 0 saturated carbocycles. The van der Waals surface area contributed by atoms with Gasteiger partial charge in [0, 0.05) is 30.9 Å². The summed E-state index contributed by atoms with van der Waals surface area (Å²) in [6, 6.07) is 9.40. The standard InChI is InChI=1S/C18H21N3O3/c1-24-15-6-2-4-13(10-15)11-17(22)21-9-3-5-14(12-21)16-7-8-19-18(23)20-16/h2,4,6-8,10,14H,3,5,9,11-12H2,1H3,(H,19,20,23). The number of H-pyrrole nitrogens is 1. The molecule has 1 fully saturated rings. The summed E-state index contributed by atoms with van der Waals surface area (Å²) in [5, 5.41) is 0. The number of amides is 1. The van der Waals surface area contributed by atoms with Gasteiger partial charge in [-0.2, -0.15) is 0 Å². The normalized spacial score (nSPS) is 17.5. The molecule has 1 aliphatic rings.